The van der Waals surface area contributed by atoms with Gasteiger partial charge in [0.1, 0.15) is 0 Å². The third-order valence-corrected chi connectivity index (χ3v) is 27.2. The molecule has 626 valence electrons. The Balaban J connectivity index is 0.000000110. The molecule has 0 radical (unpaired) electrons. The van der Waals surface area contributed by atoms with Crippen molar-refractivity contribution in [3.05, 3.63) is 446 Å². The SMILES string of the molecule is CC1(C)c2ccccc2-c2cc3c4ccc(-c5ccccc5)cc4n(-c4nc(-c5ccccc5)nc(-c5ccccc5)n4)c3cc21.CC1(C)c2ccccc2-c2cc3c4ccccc4n(-c4cccc(-c5nc(-c6ccccc6)nc(-c6ccccc6)n5)c4)c3cc21.CC1(C)c2ccccc2-c2cc3c4ccccc4n(-c4nc(-c5ccccc5)nc(-c5ccccc5)n4)c3cc21. The number of aromatic nitrogens is 12. The van der Waals surface area contributed by atoms with E-state index < -0.39 is 0 Å². The lowest BCUT2D eigenvalue weighted by atomic mass is 9.82. The highest BCUT2D eigenvalue weighted by Crippen LogP contribution is 2.55. The molecule has 0 saturated carbocycles. The van der Waals surface area contributed by atoms with Crippen molar-refractivity contribution in [3.8, 4) is 142 Å². The second-order valence-corrected chi connectivity index (χ2v) is 36.0. The monoisotopic (exact) mass is 1690 g/mol. The zero-order chi connectivity index (χ0) is 88.5. The number of para-hydroxylation sites is 2. The van der Waals surface area contributed by atoms with Gasteiger partial charge in [-0.2, -0.15) is 19.9 Å². The average Bonchev–Trinajstić information content (AvgIpc) is 1.56. The van der Waals surface area contributed by atoms with Crippen LogP contribution in [0.15, 0.2) is 413 Å². The summed E-state index contributed by atoms with van der Waals surface area (Å²) in [7, 11) is 0. The number of rotatable bonds is 11. The zero-order valence-corrected chi connectivity index (χ0v) is 73.6. The fourth-order valence-corrected chi connectivity index (χ4v) is 20.6. The molecule has 0 unspecified atom stereocenters. The Morgan fingerprint density at radius 3 is 0.788 bits per heavy atom. The average molecular weight is 1700 g/mol. The van der Waals surface area contributed by atoms with E-state index in [-0.39, 0.29) is 16.2 Å². The highest BCUT2D eigenvalue weighted by Gasteiger charge is 2.40. The second-order valence-electron chi connectivity index (χ2n) is 36.0. The van der Waals surface area contributed by atoms with Gasteiger partial charge in [0.15, 0.2) is 40.8 Å². The van der Waals surface area contributed by atoms with Gasteiger partial charge in [0.2, 0.25) is 11.9 Å². The molecule has 23 aromatic rings. The molecule has 6 aromatic heterocycles. The molecule has 0 atom stereocenters. The van der Waals surface area contributed by atoms with Gasteiger partial charge in [-0.15, -0.1) is 0 Å². The Morgan fingerprint density at radius 1 is 0.159 bits per heavy atom. The molecule has 0 aliphatic heterocycles. The molecule has 0 spiro atoms. The highest BCUT2D eigenvalue weighted by molar-refractivity contribution is 6.15. The Kier molecular flexibility index (Phi) is 18.6. The molecule has 12 heteroatoms. The van der Waals surface area contributed by atoms with Crippen LogP contribution in [0.25, 0.3) is 207 Å². The molecule has 26 rings (SSSR count). The van der Waals surface area contributed by atoms with E-state index in [9.17, 15) is 0 Å². The van der Waals surface area contributed by atoms with Crippen LogP contribution in [-0.4, -0.2) is 58.6 Å². The topological polar surface area (TPSA) is 131 Å². The van der Waals surface area contributed by atoms with Crippen LogP contribution < -0.4 is 0 Å². The van der Waals surface area contributed by atoms with Gasteiger partial charge in [-0.25, -0.2) is 24.9 Å². The summed E-state index contributed by atoms with van der Waals surface area (Å²) in [4.78, 5) is 45.3. The van der Waals surface area contributed by atoms with E-state index >= 15 is 0 Å². The summed E-state index contributed by atoms with van der Waals surface area (Å²) >= 11 is 0. The van der Waals surface area contributed by atoms with Crippen molar-refractivity contribution >= 4 is 65.4 Å². The summed E-state index contributed by atoms with van der Waals surface area (Å²) in [6.07, 6.45) is 0. The van der Waals surface area contributed by atoms with E-state index in [0.717, 1.165) is 72.3 Å². The molecule has 132 heavy (non-hydrogen) atoms. The van der Waals surface area contributed by atoms with E-state index in [1.54, 1.807) is 0 Å². The van der Waals surface area contributed by atoms with E-state index in [4.69, 9.17) is 44.9 Å². The van der Waals surface area contributed by atoms with Crippen molar-refractivity contribution in [2.45, 2.75) is 57.8 Å². The first kappa shape index (κ1) is 78.6. The van der Waals surface area contributed by atoms with Crippen LogP contribution in [0.2, 0.25) is 0 Å². The van der Waals surface area contributed by atoms with Gasteiger partial charge >= 0.3 is 0 Å². The summed E-state index contributed by atoms with van der Waals surface area (Å²) in [6.45, 7) is 14.0. The van der Waals surface area contributed by atoms with E-state index in [1.165, 1.54) is 116 Å². The summed E-state index contributed by atoms with van der Waals surface area (Å²) in [5.74, 6) is 5.79. The maximum absolute atomic E-state index is 5.18. The van der Waals surface area contributed by atoms with Crippen LogP contribution in [0.1, 0.15) is 74.9 Å². The van der Waals surface area contributed by atoms with Crippen LogP contribution >= 0.6 is 0 Å². The zero-order valence-electron chi connectivity index (χ0n) is 73.6. The number of hydrogen-bond acceptors (Lipinski definition) is 9. The molecule has 0 amide bonds. The predicted octanol–water partition coefficient (Wildman–Crippen LogP) is 29.2. The van der Waals surface area contributed by atoms with E-state index in [1.807, 2.05) is 158 Å². The van der Waals surface area contributed by atoms with Crippen LogP contribution in [0.3, 0.4) is 0 Å². The molecular formula is C120H86N12. The minimum absolute atomic E-state index is 0.0875. The normalized spacial score (nSPS) is 13.3. The van der Waals surface area contributed by atoms with E-state index in [0.29, 0.717) is 52.7 Å². The first-order valence-corrected chi connectivity index (χ1v) is 45.1. The van der Waals surface area contributed by atoms with Gasteiger partial charge < -0.3 is 4.57 Å². The lowest BCUT2D eigenvalue weighted by Gasteiger charge is -2.21. The van der Waals surface area contributed by atoms with Gasteiger partial charge in [-0.05, 0) is 145 Å². The molecular weight excluding hydrogens is 1610 g/mol. The summed E-state index contributed by atoms with van der Waals surface area (Å²) in [6, 6.07) is 145. The Labute approximate surface area is 764 Å². The van der Waals surface area contributed by atoms with Crippen molar-refractivity contribution in [1.29, 1.82) is 0 Å². The number of benzene rings is 17. The molecule has 6 heterocycles. The molecule has 3 aliphatic carbocycles. The molecule has 0 N–H and O–H groups in total. The number of fused-ring (bicyclic) bond motifs is 18. The fourth-order valence-electron chi connectivity index (χ4n) is 20.6. The van der Waals surface area contributed by atoms with Crippen LogP contribution in [0.5, 0.6) is 0 Å². The van der Waals surface area contributed by atoms with Gasteiger partial charge in [-0.3, -0.25) is 9.13 Å². The third kappa shape index (κ3) is 13.1. The predicted molar refractivity (Wildman–Crippen MR) is 539 cm³/mol. The number of nitrogens with zero attached hydrogens (tertiary/aromatic N) is 12. The molecule has 0 fully saturated rings. The Hall–Kier alpha value is -16.8. The van der Waals surface area contributed by atoms with Crippen molar-refractivity contribution in [2.24, 2.45) is 0 Å². The van der Waals surface area contributed by atoms with Gasteiger partial charge in [0.25, 0.3) is 0 Å². The maximum atomic E-state index is 5.18. The third-order valence-electron chi connectivity index (χ3n) is 27.2. The lowest BCUT2D eigenvalue weighted by Crippen LogP contribution is -2.15. The van der Waals surface area contributed by atoms with Gasteiger partial charge in [0, 0.05) is 93.2 Å². The number of hydrogen-bond donors (Lipinski definition) is 0. The molecule has 17 aromatic carbocycles. The standard InChI is InChI=1S/2C42H30N4.C36H26N4/c1-42(2)35-21-13-12-20-31(35)33-25-34-32-23-22-30(27-14-6-3-7-15-27)24-37(32)46(38(34)26-36(33)42)41-44-39(28-16-8-4-9-17-28)43-40(45-41)29-18-10-5-11-19-29;1-42(2)35-22-11-9-20-31(35)33-25-34-32-21-10-12-23-37(32)46(38(34)26-36(33)42)30-19-13-18-29(24-30)41-44-39(27-14-5-3-6-15-27)43-40(45-41)28-16-7-4-8-17-28;1-36(2)29-19-11-9-17-25(29)27-21-28-26-18-10-12-20-31(26)40(32(28)22-30(27)36)35-38-33(23-13-5-3-6-14-23)37-34(39-35)24-15-7-4-8-16-24/h2*3-26H,1-2H3;3-22H,1-2H3. The first-order valence-electron chi connectivity index (χ1n) is 45.1. The second kappa shape index (κ2) is 31.3. The minimum atomic E-state index is -0.139. The van der Waals surface area contributed by atoms with Crippen molar-refractivity contribution in [1.82, 2.24) is 58.6 Å². The molecule has 0 bridgehead atoms. The summed E-state index contributed by atoms with van der Waals surface area (Å²) in [5.41, 5.74) is 32.4. The molecule has 0 saturated heterocycles. The molecule has 3 aliphatic rings. The van der Waals surface area contributed by atoms with E-state index in [2.05, 4.69) is 310 Å². The van der Waals surface area contributed by atoms with Gasteiger partial charge in [-0.1, -0.05) is 387 Å². The maximum Gasteiger partial charge on any atom is 0.238 e. The van der Waals surface area contributed by atoms with Crippen molar-refractivity contribution in [2.75, 3.05) is 0 Å². The van der Waals surface area contributed by atoms with Crippen LogP contribution in [0.4, 0.5) is 0 Å². The summed E-state index contributed by atoms with van der Waals surface area (Å²) in [5, 5.41) is 7.23. The first-order chi connectivity index (χ1) is 64.7. The Morgan fingerprint density at radius 2 is 0.424 bits per heavy atom. The van der Waals surface area contributed by atoms with Crippen molar-refractivity contribution in [3.63, 3.8) is 0 Å². The highest BCUT2D eigenvalue weighted by atomic mass is 15.2. The molecule has 12 nitrogen and oxygen atoms in total. The van der Waals surface area contributed by atoms with Gasteiger partial charge in [0.05, 0.1) is 33.1 Å². The van der Waals surface area contributed by atoms with Crippen LogP contribution in [0, 0.1) is 0 Å². The lowest BCUT2D eigenvalue weighted by molar-refractivity contribution is 0.660. The largest absolute Gasteiger partial charge is 0.309 e. The quantitative estimate of drug-likeness (QED) is 0.124. The van der Waals surface area contributed by atoms with Crippen molar-refractivity contribution < 1.29 is 0 Å². The fraction of sp³-hybridized carbons (Fsp3) is 0.0750. The smallest absolute Gasteiger partial charge is 0.238 e. The minimum Gasteiger partial charge on any atom is -0.309 e. The van der Waals surface area contributed by atoms with Crippen LogP contribution in [-0.2, 0) is 16.2 Å². The summed E-state index contributed by atoms with van der Waals surface area (Å²) < 4.78 is 6.85. The Bertz CT molecular complexity index is 8340.